The van der Waals surface area contributed by atoms with Gasteiger partial charge in [0.2, 0.25) is 10.0 Å². The predicted octanol–water partition coefficient (Wildman–Crippen LogP) is 1.41. The maximum atomic E-state index is 12.6. The quantitative estimate of drug-likeness (QED) is 0.695. The summed E-state index contributed by atoms with van der Waals surface area (Å²) in [6, 6.07) is 3.09. The van der Waals surface area contributed by atoms with Crippen LogP contribution >= 0.6 is 15.9 Å². The molecule has 0 aliphatic rings. The molecule has 0 unspecified atom stereocenters. The summed E-state index contributed by atoms with van der Waals surface area (Å²) in [4.78, 5) is 12.1. The molecule has 24 heavy (non-hydrogen) atoms. The molecule has 0 saturated heterocycles. The normalized spacial score (nSPS) is 12.2. The van der Waals surface area contributed by atoms with Gasteiger partial charge in [-0.25, -0.2) is 17.9 Å². The minimum absolute atomic E-state index is 0.0167. The van der Waals surface area contributed by atoms with E-state index in [4.69, 9.17) is 4.52 Å². The molecule has 0 aliphatic heterocycles. The third-order valence-corrected chi connectivity index (χ3v) is 6.25. The highest BCUT2D eigenvalue weighted by atomic mass is 79.9. The largest absolute Gasteiger partial charge is 0.364 e. The molecular formula is C14H15BrN4O4S. The first-order valence-electron chi connectivity index (χ1n) is 6.97. The minimum Gasteiger partial charge on any atom is -0.364 e. The highest BCUT2D eigenvalue weighted by molar-refractivity contribution is 9.10. The van der Waals surface area contributed by atoms with Crippen LogP contribution < -0.4 is 10.4 Å². The van der Waals surface area contributed by atoms with Gasteiger partial charge in [-0.05, 0) is 35.0 Å². The molecule has 0 saturated carbocycles. The molecule has 2 heterocycles. The van der Waals surface area contributed by atoms with Crippen LogP contribution in [0.1, 0.15) is 11.3 Å². The van der Waals surface area contributed by atoms with Crippen molar-refractivity contribution in [3.05, 3.63) is 44.6 Å². The Morgan fingerprint density at radius 2 is 1.88 bits per heavy atom. The number of benzene rings is 1. The molecule has 0 bridgehead atoms. The lowest BCUT2D eigenvalue weighted by atomic mass is 10.3. The van der Waals surface area contributed by atoms with Gasteiger partial charge < -0.3 is 4.52 Å². The maximum Gasteiger partial charge on any atom is 0.328 e. The number of fused-ring (bicyclic) bond motifs is 1. The topological polar surface area (TPSA) is 99.1 Å². The number of sulfonamides is 1. The molecule has 3 rings (SSSR count). The Morgan fingerprint density at radius 3 is 2.46 bits per heavy atom. The summed E-state index contributed by atoms with van der Waals surface area (Å²) in [6.07, 6.45) is 1.45. The van der Waals surface area contributed by atoms with E-state index in [0.29, 0.717) is 21.2 Å². The molecule has 2 aromatic heterocycles. The van der Waals surface area contributed by atoms with Crippen LogP contribution in [0.25, 0.3) is 11.0 Å². The zero-order valence-electron chi connectivity index (χ0n) is 13.2. The fraction of sp³-hybridized carbons (Fsp3) is 0.286. The second-order valence-corrected chi connectivity index (χ2v) is 8.03. The van der Waals surface area contributed by atoms with Gasteiger partial charge in [0, 0.05) is 24.1 Å². The SMILES string of the molecule is Cc1conc1CNS(=O)(=O)c1cc2c(cc1Br)n(C)c(=O)n2C. The van der Waals surface area contributed by atoms with Gasteiger partial charge in [-0.3, -0.25) is 9.13 Å². The Bertz CT molecular complexity index is 1090. The molecule has 0 aliphatic carbocycles. The highest BCUT2D eigenvalue weighted by Crippen LogP contribution is 2.27. The summed E-state index contributed by atoms with van der Waals surface area (Å²) in [5.41, 5.74) is 2.22. The summed E-state index contributed by atoms with van der Waals surface area (Å²) < 4.78 is 35.8. The molecule has 1 aromatic carbocycles. The zero-order chi connectivity index (χ0) is 17.6. The molecule has 128 valence electrons. The van der Waals surface area contributed by atoms with Crippen molar-refractivity contribution in [2.24, 2.45) is 14.1 Å². The third-order valence-electron chi connectivity index (χ3n) is 3.89. The van der Waals surface area contributed by atoms with E-state index < -0.39 is 10.0 Å². The van der Waals surface area contributed by atoms with Gasteiger partial charge in [0.25, 0.3) is 0 Å². The van der Waals surface area contributed by atoms with Gasteiger partial charge >= 0.3 is 5.69 Å². The summed E-state index contributed by atoms with van der Waals surface area (Å²) in [6.45, 7) is 1.80. The molecule has 0 radical (unpaired) electrons. The van der Waals surface area contributed by atoms with E-state index in [9.17, 15) is 13.2 Å². The number of rotatable bonds is 4. The number of aromatic nitrogens is 3. The van der Waals surface area contributed by atoms with E-state index >= 15 is 0 Å². The summed E-state index contributed by atoms with van der Waals surface area (Å²) in [5.74, 6) is 0. The second kappa shape index (κ2) is 5.87. The smallest absolute Gasteiger partial charge is 0.328 e. The number of imidazole rings is 1. The first kappa shape index (κ1) is 16.9. The average Bonchev–Trinajstić information content (AvgIpc) is 3.03. The molecular weight excluding hydrogens is 400 g/mol. The number of nitrogens with one attached hydrogen (secondary N) is 1. The van der Waals surface area contributed by atoms with Crippen molar-refractivity contribution in [1.29, 1.82) is 0 Å². The van der Waals surface area contributed by atoms with Crippen molar-refractivity contribution in [2.45, 2.75) is 18.4 Å². The van der Waals surface area contributed by atoms with E-state index in [2.05, 4.69) is 25.8 Å². The predicted molar refractivity (Wildman–Crippen MR) is 91.1 cm³/mol. The van der Waals surface area contributed by atoms with Crippen LogP contribution in [0.3, 0.4) is 0 Å². The van der Waals surface area contributed by atoms with Gasteiger partial charge in [-0.15, -0.1) is 0 Å². The van der Waals surface area contributed by atoms with Crippen molar-refractivity contribution in [3.8, 4) is 0 Å². The zero-order valence-corrected chi connectivity index (χ0v) is 15.6. The highest BCUT2D eigenvalue weighted by Gasteiger charge is 2.21. The van der Waals surface area contributed by atoms with E-state index in [1.165, 1.54) is 21.5 Å². The van der Waals surface area contributed by atoms with Crippen molar-refractivity contribution >= 4 is 37.0 Å². The van der Waals surface area contributed by atoms with Gasteiger partial charge in [-0.2, -0.15) is 0 Å². The van der Waals surface area contributed by atoms with Crippen LogP contribution in [0.4, 0.5) is 0 Å². The Morgan fingerprint density at radius 1 is 1.25 bits per heavy atom. The Labute approximate surface area is 146 Å². The molecule has 8 nitrogen and oxygen atoms in total. The van der Waals surface area contributed by atoms with Gasteiger partial charge in [0.1, 0.15) is 12.0 Å². The fourth-order valence-corrected chi connectivity index (χ4v) is 4.46. The molecule has 0 amide bonds. The van der Waals surface area contributed by atoms with E-state index in [1.807, 2.05) is 0 Å². The van der Waals surface area contributed by atoms with Crippen LogP contribution in [0, 0.1) is 6.92 Å². The molecule has 10 heteroatoms. The Balaban J connectivity index is 2.04. The molecule has 3 aromatic rings. The molecule has 0 fully saturated rings. The second-order valence-electron chi connectivity index (χ2n) is 5.44. The number of aryl methyl sites for hydroxylation is 3. The first-order chi connectivity index (χ1) is 11.2. The lowest BCUT2D eigenvalue weighted by Gasteiger charge is -2.09. The molecule has 0 atom stereocenters. The molecule has 0 spiro atoms. The summed E-state index contributed by atoms with van der Waals surface area (Å²) >= 11 is 3.28. The van der Waals surface area contributed by atoms with E-state index in [0.717, 1.165) is 5.56 Å². The van der Waals surface area contributed by atoms with E-state index in [1.54, 1.807) is 27.1 Å². The monoisotopic (exact) mass is 414 g/mol. The van der Waals surface area contributed by atoms with Gasteiger partial charge in [0.05, 0.1) is 22.5 Å². The number of hydrogen-bond donors (Lipinski definition) is 1. The fourth-order valence-electron chi connectivity index (χ4n) is 2.43. The summed E-state index contributed by atoms with van der Waals surface area (Å²) in [7, 11) is -0.565. The van der Waals surface area contributed by atoms with Crippen LogP contribution in [0.5, 0.6) is 0 Å². The standard InChI is InChI=1S/C14H15BrN4O4S/c1-8-7-23-17-10(8)6-16-24(21,22)13-5-12-11(4-9(13)15)18(2)14(20)19(12)3/h4-5,7,16H,6H2,1-3H3. The number of halogens is 1. The average molecular weight is 415 g/mol. The first-order valence-corrected chi connectivity index (χ1v) is 9.24. The van der Waals surface area contributed by atoms with Crippen molar-refractivity contribution in [3.63, 3.8) is 0 Å². The van der Waals surface area contributed by atoms with Crippen LogP contribution in [0.2, 0.25) is 0 Å². The third kappa shape index (κ3) is 2.70. The number of nitrogens with zero attached hydrogens (tertiary/aromatic N) is 3. The minimum atomic E-state index is -3.80. The van der Waals surface area contributed by atoms with Crippen LogP contribution in [0.15, 0.2) is 37.1 Å². The van der Waals surface area contributed by atoms with Crippen LogP contribution in [-0.2, 0) is 30.7 Å². The lowest BCUT2D eigenvalue weighted by Crippen LogP contribution is -2.24. The Hall–Kier alpha value is -1.91. The van der Waals surface area contributed by atoms with Gasteiger partial charge in [0.15, 0.2) is 0 Å². The van der Waals surface area contributed by atoms with Crippen molar-refractivity contribution in [1.82, 2.24) is 19.0 Å². The Kier molecular flexibility index (Phi) is 4.14. The number of hydrogen-bond acceptors (Lipinski definition) is 5. The van der Waals surface area contributed by atoms with Crippen LogP contribution in [-0.4, -0.2) is 22.7 Å². The van der Waals surface area contributed by atoms with Gasteiger partial charge in [-0.1, -0.05) is 5.16 Å². The molecule has 1 N–H and O–H groups in total. The van der Waals surface area contributed by atoms with Crippen molar-refractivity contribution < 1.29 is 12.9 Å². The summed E-state index contributed by atoms with van der Waals surface area (Å²) in [5, 5.41) is 3.75. The van der Waals surface area contributed by atoms with Crippen molar-refractivity contribution in [2.75, 3.05) is 0 Å². The lowest BCUT2D eigenvalue weighted by molar-refractivity contribution is 0.410. The van der Waals surface area contributed by atoms with E-state index in [-0.39, 0.29) is 17.1 Å². The maximum absolute atomic E-state index is 12.6.